The molecule has 1 aliphatic carbocycles. The molecule has 0 spiro atoms. The van der Waals surface area contributed by atoms with Crippen LogP contribution in [0.25, 0.3) is 0 Å². The second kappa shape index (κ2) is 7.59. The zero-order valence-electron chi connectivity index (χ0n) is 12.1. The van der Waals surface area contributed by atoms with Crippen LogP contribution in [-0.2, 0) is 0 Å². The Balaban J connectivity index is 2.81. The summed E-state index contributed by atoms with van der Waals surface area (Å²) in [6.45, 7) is 9.21. The van der Waals surface area contributed by atoms with Gasteiger partial charge in [-0.1, -0.05) is 52.0 Å². The molecule has 0 radical (unpaired) electrons. The molecule has 0 aromatic rings. The zero-order valence-corrected chi connectivity index (χ0v) is 12.1. The van der Waals surface area contributed by atoms with Crippen molar-refractivity contribution in [2.75, 3.05) is 0 Å². The van der Waals surface area contributed by atoms with Crippen LogP contribution in [0, 0.1) is 29.6 Å². The molecule has 1 rings (SSSR count). The highest BCUT2D eigenvalue weighted by atomic mass is 14.1. The van der Waals surface area contributed by atoms with Gasteiger partial charge in [0, 0.05) is 5.92 Å². The summed E-state index contributed by atoms with van der Waals surface area (Å²) < 4.78 is 0. The van der Waals surface area contributed by atoms with Crippen molar-refractivity contribution in [3.8, 4) is 11.8 Å². The summed E-state index contributed by atoms with van der Waals surface area (Å²) in [7, 11) is 0. The van der Waals surface area contributed by atoms with Gasteiger partial charge in [0.05, 0.1) is 0 Å². The van der Waals surface area contributed by atoms with Gasteiger partial charge in [-0.15, -0.1) is 0 Å². The van der Waals surface area contributed by atoms with Gasteiger partial charge in [-0.2, -0.15) is 0 Å². The average Bonchev–Trinajstić information content (AvgIpc) is 2.36. The van der Waals surface area contributed by atoms with Crippen LogP contribution in [0.5, 0.6) is 0 Å². The van der Waals surface area contributed by atoms with Crippen molar-refractivity contribution in [3.05, 3.63) is 11.6 Å². The third kappa shape index (κ3) is 5.44. The van der Waals surface area contributed by atoms with E-state index in [1.165, 1.54) is 37.7 Å². The predicted octanol–water partition coefficient (Wildman–Crippen LogP) is 5.20. The van der Waals surface area contributed by atoms with Crippen molar-refractivity contribution in [2.45, 2.75) is 66.2 Å². The average molecular weight is 232 g/mol. The Morgan fingerprint density at radius 2 is 1.82 bits per heavy atom. The molecule has 0 aromatic heterocycles. The molecule has 0 aliphatic heterocycles. The molecule has 3 unspecified atom stereocenters. The van der Waals surface area contributed by atoms with Crippen LogP contribution < -0.4 is 0 Å². The molecule has 0 heteroatoms. The monoisotopic (exact) mass is 232 g/mol. The first-order valence-electron chi connectivity index (χ1n) is 7.37. The van der Waals surface area contributed by atoms with Crippen molar-refractivity contribution in [2.24, 2.45) is 17.8 Å². The van der Waals surface area contributed by atoms with E-state index in [9.17, 15) is 0 Å². The summed E-state index contributed by atoms with van der Waals surface area (Å²) in [5.41, 5.74) is 1.35. The fourth-order valence-corrected chi connectivity index (χ4v) is 2.43. The van der Waals surface area contributed by atoms with Crippen molar-refractivity contribution < 1.29 is 0 Å². The first-order valence-corrected chi connectivity index (χ1v) is 7.37. The highest BCUT2D eigenvalue weighted by Crippen LogP contribution is 2.23. The second-order valence-corrected chi connectivity index (χ2v) is 5.66. The minimum Gasteiger partial charge on any atom is -0.0948 e. The molecule has 0 saturated heterocycles. The van der Waals surface area contributed by atoms with Crippen LogP contribution >= 0.6 is 0 Å². The van der Waals surface area contributed by atoms with E-state index in [0.717, 1.165) is 12.3 Å². The Morgan fingerprint density at radius 3 is 2.47 bits per heavy atom. The minimum absolute atomic E-state index is 0.612. The fourth-order valence-electron chi connectivity index (χ4n) is 2.43. The third-order valence-corrected chi connectivity index (χ3v) is 3.92. The highest BCUT2D eigenvalue weighted by Gasteiger charge is 2.10. The van der Waals surface area contributed by atoms with Crippen LogP contribution in [-0.4, -0.2) is 0 Å². The summed E-state index contributed by atoms with van der Waals surface area (Å²) in [5, 5.41) is 0. The molecule has 0 fully saturated rings. The molecule has 17 heavy (non-hydrogen) atoms. The van der Waals surface area contributed by atoms with Gasteiger partial charge in [0.1, 0.15) is 0 Å². The SMILES string of the molecule is CC/C1=C/C(C)CCC(C)CCC(CC)C#C1. The molecular weight excluding hydrogens is 204 g/mol. The molecule has 0 aromatic carbocycles. The summed E-state index contributed by atoms with van der Waals surface area (Å²) in [5.74, 6) is 9.09. The normalized spacial score (nSPS) is 33.9. The number of allylic oxidation sites excluding steroid dienone is 2. The second-order valence-electron chi connectivity index (χ2n) is 5.66. The van der Waals surface area contributed by atoms with Gasteiger partial charge in [-0.05, 0) is 49.5 Å². The molecule has 96 valence electrons. The largest absolute Gasteiger partial charge is 0.0948 e. The van der Waals surface area contributed by atoms with Crippen molar-refractivity contribution in [1.29, 1.82) is 0 Å². The molecular formula is C17H28. The van der Waals surface area contributed by atoms with Gasteiger partial charge in [0.15, 0.2) is 0 Å². The van der Waals surface area contributed by atoms with E-state index in [-0.39, 0.29) is 0 Å². The van der Waals surface area contributed by atoms with Crippen LogP contribution in [0.3, 0.4) is 0 Å². The molecule has 0 bridgehead atoms. The molecule has 0 amide bonds. The Morgan fingerprint density at radius 1 is 1.12 bits per heavy atom. The van der Waals surface area contributed by atoms with Crippen LogP contribution in [0.2, 0.25) is 0 Å². The van der Waals surface area contributed by atoms with Crippen LogP contribution in [0.15, 0.2) is 11.6 Å². The maximum atomic E-state index is 3.49. The highest BCUT2D eigenvalue weighted by molar-refractivity contribution is 5.29. The van der Waals surface area contributed by atoms with Gasteiger partial charge in [-0.3, -0.25) is 0 Å². The lowest BCUT2D eigenvalue weighted by atomic mass is 9.91. The Bertz CT molecular complexity index is 300. The van der Waals surface area contributed by atoms with E-state index in [2.05, 4.69) is 45.6 Å². The Labute approximate surface area is 108 Å². The summed E-state index contributed by atoms with van der Waals surface area (Å²) in [6.07, 6.45) is 10.0. The van der Waals surface area contributed by atoms with Gasteiger partial charge >= 0.3 is 0 Å². The zero-order chi connectivity index (χ0) is 12.7. The van der Waals surface area contributed by atoms with E-state index in [4.69, 9.17) is 0 Å². The van der Waals surface area contributed by atoms with E-state index in [1.54, 1.807) is 0 Å². The smallest absolute Gasteiger partial charge is 0.0204 e. The third-order valence-electron chi connectivity index (χ3n) is 3.92. The van der Waals surface area contributed by atoms with E-state index >= 15 is 0 Å². The lowest BCUT2D eigenvalue weighted by Crippen LogP contribution is -2.02. The predicted molar refractivity (Wildman–Crippen MR) is 76.7 cm³/mol. The van der Waals surface area contributed by atoms with Gasteiger partial charge in [0.25, 0.3) is 0 Å². The maximum Gasteiger partial charge on any atom is 0.0204 e. The number of rotatable bonds is 2. The van der Waals surface area contributed by atoms with Gasteiger partial charge < -0.3 is 0 Å². The molecule has 0 N–H and O–H groups in total. The first kappa shape index (κ1) is 14.4. The molecule has 0 heterocycles. The minimum atomic E-state index is 0.612. The van der Waals surface area contributed by atoms with E-state index in [1.807, 2.05) is 0 Å². The standard InChI is InChI=1S/C17H28/c1-5-16-10-9-14(3)7-8-15(4)13-17(6-2)12-11-16/h13-16H,5-10H2,1-4H3/b17-13-. The van der Waals surface area contributed by atoms with E-state index < -0.39 is 0 Å². The quantitative estimate of drug-likeness (QED) is 0.574. The Hall–Kier alpha value is -0.700. The van der Waals surface area contributed by atoms with Gasteiger partial charge in [0.2, 0.25) is 0 Å². The first-order chi connectivity index (χ1) is 8.15. The fraction of sp³-hybridized carbons (Fsp3) is 0.765. The number of hydrogen-bond donors (Lipinski definition) is 0. The lowest BCUT2D eigenvalue weighted by Gasteiger charge is -2.14. The number of hydrogen-bond acceptors (Lipinski definition) is 0. The lowest BCUT2D eigenvalue weighted by molar-refractivity contribution is 0.406. The molecule has 0 saturated carbocycles. The van der Waals surface area contributed by atoms with Crippen LogP contribution in [0.1, 0.15) is 66.2 Å². The Kier molecular flexibility index (Phi) is 6.41. The molecule has 1 aliphatic rings. The molecule has 3 atom stereocenters. The van der Waals surface area contributed by atoms with Crippen molar-refractivity contribution in [1.82, 2.24) is 0 Å². The van der Waals surface area contributed by atoms with Gasteiger partial charge in [-0.25, -0.2) is 0 Å². The topological polar surface area (TPSA) is 0 Å². The van der Waals surface area contributed by atoms with Crippen LogP contribution in [0.4, 0.5) is 0 Å². The summed E-state index contributed by atoms with van der Waals surface area (Å²) in [4.78, 5) is 0. The van der Waals surface area contributed by atoms with Crippen molar-refractivity contribution >= 4 is 0 Å². The maximum absolute atomic E-state index is 3.49. The summed E-state index contributed by atoms with van der Waals surface area (Å²) in [6, 6.07) is 0. The van der Waals surface area contributed by atoms with E-state index in [0.29, 0.717) is 11.8 Å². The van der Waals surface area contributed by atoms with Crippen molar-refractivity contribution in [3.63, 3.8) is 0 Å². The summed E-state index contributed by atoms with van der Waals surface area (Å²) >= 11 is 0. The molecule has 0 nitrogen and oxygen atoms in total.